The number of para-hydroxylation sites is 1. The summed E-state index contributed by atoms with van der Waals surface area (Å²) >= 11 is 1.23. The maximum atomic E-state index is 14.4. The van der Waals surface area contributed by atoms with Gasteiger partial charge in [0.25, 0.3) is 0 Å². The highest BCUT2D eigenvalue weighted by atomic mass is 32.2. The van der Waals surface area contributed by atoms with Crippen LogP contribution in [0.1, 0.15) is 6.92 Å². The number of likely N-dealkylation sites (N-methyl/N-ethyl adjacent to an activating group) is 1. The lowest BCUT2D eigenvalue weighted by Gasteiger charge is -2.19. The van der Waals surface area contributed by atoms with Crippen LogP contribution in [-0.2, 0) is 4.79 Å². The van der Waals surface area contributed by atoms with Crippen molar-refractivity contribution in [2.24, 2.45) is 0 Å². The number of hydrogen-bond donors (Lipinski definition) is 1. The van der Waals surface area contributed by atoms with Crippen LogP contribution in [0.25, 0.3) is 17.1 Å². The third-order valence-corrected chi connectivity index (χ3v) is 5.11. The Morgan fingerprint density at radius 3 is 2.54 bits per heavy atom. The fourth-order valence-electron chi connectivity index (χ4n) is 2.79. The summed E-state index contributed by atoms with van der Waals surface area (Å²) in [6.45, 7) is 2.59. The second-order valence-corrected chi connectivity index (χ2v) is 6.89. The van der Waals surface area contributed by atoms with Gasteiger partial charge in [0.1, 0.15) is 5.82 Å². The van der Waals surface area contributed by atoms with Crippen LogP contribution in [0, 0.1) is 5.82 Å². The largest absolute Gasteiger partial charge is 0.395 e. The molecule has 0 aliphatic rings. The highest BCUT2D eigenvalue weighted by Gasteiger charge is 2.20. The van der Waals surface area contributed by atoms with E-state index in [1.165, 1.54) is 17.8 Å². The van der Waals surface area contributed by atoms with Crippen molar-refractivity contribution in [2.75, 3.05) is 25.4 Å². The zero-order valence-corrected chi connectivity index (χ0v) is 16.3. The van der Waals surface area contributed by atoms with E-state index in [9.17, 15) is 9.18 Å². The second-order valence-electron chi connectivity index (χ2n) is 5.94. The van der Waals surface area contributed by atoms with E-state index in [0.717, 1.165) is 5.69 Å². The molecular weight excluding hydrogens is 379 g/mol. The van der Waals surface area contributed by atoms with Crippen LogP contribution in [0.2, 0.25) is 0 Å². The predicted octanol–water partition coefficient (Wildman–Crippen LogP) is 3.01. The van der Waals surface area contributed by atoms with Gasteiger partial charge in [-0.25, -0.2) is 4.39 Å². The molecule has 1 amide bonds. The van der Waals surface area contributed by atoms with Crippen LogP contribution in [0.5, 0.6) is 0 Å². The third kappa shape index (κ3) is 4.40. The number of thioether (sulfide) groups is 1. The Balaban J connectivity index is 1.94. The molecule has 0 spiro atoms. The molecule has 3 rings (SSSR count). The molecule has 0 atom stereocenters. The van der Waals surface area contributed by atoms with Gasteiger partial charge in [-0.1, -0.05) is 42.1 Å². The minimum atomic E-state index is -0.389. The molecule has 28 heavy (non-hydrogen) atoms. The van der Waals surface area contributed by atoms with E-state index in [0.29, 0.717) is 29.6 Å². The lowest BCUT2D eigenvalue weighted by Crippen LogP contribution is -2.34. The second kappa shape index (κ2) is 9.48. The molecule has 1 aromatic heterocycles. The van der Waals surface area contributed by atoms with Crippen LogP contribution >= 0.6 is 11.8 Å². The number of aliphatic hydroxyl groups excluding tert-OH is 1. The number of aliphatic hydroxyl groups is 1. The number of nitrogens with zero attached hydrogens (tertiary/aromatic N) is 4. The number of halogens is 1. The minimum absolute atomic E-state index is 0.0815. The highest BCUT2D eigenvalue weighted by Crippen LogP contribution is 2.29. The number of carbonyl (C=O) groups is 1. The number of rotatable bonds is 8. The van der Waals surface area contributed by atoms with E-state index in [1.54, 1.807) is 27.7 Å². The summed E-state index contributed by atoms with van der Waals surface area (Å²) in [7, 11) is 0. The van der Waals surface area contributed by atoms with Gasteiger partial charge in [0, 0.05) is 18.8 Å². The van der Waals surface area contributed by atoms with Gasteiger partial charge in [-0.2, -0.15) is 0 Å². The topological polar surface area (TPSA) is 71.2 Å². The predicted molar refractivity (Wildman–Crippen MR) is 107 cm³/mol. The molecule has 146 valence electrons. The molecular formula is C20H21FN4O2S. The van der Waals surface area contributed by atoms with Gasteiger partial charge < -0.3 is 10.0 Å². The summed E-state index contributed by atoms with van der Waals surface area (Å²) in [5.41, 5.74) is 1.12. The summed E-state index contributed by atoms with van der Waals surface area (Å²) in [5.74, 6) is 0.0363. The van der Waals surface area contributed by atoms with E-state index in [1.807, 2.05) is 37.3 Å². The van der Waals surface area contributed by atoms with Crippen LogP contribution in [-0.4, -0.2) is 56.1 Å². The molecule has 0 radical (unpaired) electrons. The third-order valence-electron chi connectivity index (χ3n) is 4.19. The average Bonchev–Trinajstić information content (AvgIpc) is 3.15. The molecule has 0 saturated heterocycles. The van der Waals surface area contributed by atoms with E-state index >= 15 is 0 Å². The van der Waals surface area contributed by atoms with Crippen LogP contribution in [0.3, 0.4) is 0 Å². The average molecular weight is 400 g/mol. The summed E-state index contributed by atoms with van der Waals surface area (Å²) in [5, 5.41) is 18.0. The molecule has 3 aromatic rings. The Labute approximate surface area is 167 Å². The van der Waals surface area contributed by atoms with Crippen LogP contribution in [0.4, 0.5) is 4.39 Å². The summed E-state index contributed by atoms with van der Waals surface area (Å²) in [4.78, 5) is 14.0. The maximum absolute atomic E-state index is 14.4. The normalized spacial score (nSPS) is 10.8. The highest BCUT2D eigenvalue weighted by molar-refractivity contribution is 7.99. The Morgan fingerprint density at radius 2 is 1.86 bits per heavy atom. The van der Waals surface area contributed by atoms with Crippen LogP contribution < -0.4 is 0 Å². The van der Waals surface area contributed by atoms with Crippen LogP contribution in [0.15, 0.2) is 59.8 Å². The van der Waals surface area contributed by atoms with Crippen molar-refractivity contribution in [3.8, 4) is 17.1 Å². The Morgan fingerprint density at radius 1 is 1.14 bits per heavy atom. The molecule has 1 heterocycles. The molecule has 0 bridgehead atoms. The number of hydrogen-bond acceptors (Lipinski definition) is 5. The molecule has 0 unspecified atom stereocenters. The zero-order chi connectivity index (χ0) is 19.9. The number of amides is 1. The van der Waals surface area contributed by atoms with Crippen molar-refractivity contribution in [1.82, 2.24) is 19.7 Å². The monoisotopic (exact) mass is 400 g/mol. The SMILES string of the molecule is CCN(CCO)C(=O)CSc1nnc(-c2ccccc2F)n1-c1ccccc1. The van der Waals surface area contributed by atoms with Crippen molar-refractivity contribution >= 4 is 17.7 Å². The van der Waals surface area contributed by atoms with Crippen molar-refractivity contribution in [3.63, 3.8) is 0 Å². The van der Waals surface area contributed by atoms with Gasteiger partial charge in [-0.15, -0.1) is 10.2 Å². The van der Waals surface area contributed by atoms with Gasteiger partial charge in [0.15, 0.2) is 11.0 Å². The molecule has 6 nitrogen and oxygen atoms in total. The standard InChI is InChI=1S/C20H21FN4O2S/c1-2-24(12-13-26)18(27)14-28-20-23-22-19(16-10-6-7-11-17(16)21)25(20)15-8-4-3-5-9-15/h3-11,26H,2,12-14H2,1H3. The first-order valence-electron chi connectivity index (χ1n) is 8.92. The molecule has 0 saturated carbocycles. The van der Waals surface area contributed by atoms with E-state index in [-0.39, 0.29) is 24.1 Å². The summed E-state index contributed by atoms with van der Waals surface area (Å²) in [6, 6.07) is 15.8. The van der Waals surface area contributed by atoms with Gasteiger partial charge in [-0.05, 0) is 31.2 Å². The van der Waals surface area contributed by atoms with E-state index in [2.05, 4.69) is 10.2 Å². The zero-order valence-electron chi connectivity index (χ0n) is 15.5. The summed E-state index contributed by atoms with van der Waals surface area (Å²) < 4.78 is 16.1. The van der Waals surface area contributed by atoms with E-state index < -0.39 is 0 Å². The first-order chi connectivity index (χ1) is 13.7. The number of benzene rings is 2. The van der Waals surface area contributed by atoms with Crippen molar-refractivity contribution in [1.29, 1.82) is 0 Å². The fraction of sp³-hybridized carbons (Fsp3) is 0.250. The molecule has 8 heteroatoms. The van der Waals surface area contributed by atoms with Gasteiger partial charge in [0.05, 0.1) is 17.9 Å². The minimum Gasteiger partial charge on any atom is -0.395 e. The van der Waals surface area contributed by atoms with Gasteiger partial charge in [-0.3, -0.25) is 9.36 Å². The smallest absolute Gasteiger partial charge is 0.233 e. The first kappa shape index (κ1) is 20.0. The molecule has 2 aromatic carbocycles. The lowest BCUT2D eigenvalue weighted by molar-refractivity contribution is -0.128. The molecule has 0 aliphatic carbocycles. The molecule has 1 N–H and O–H groups in total. The quantitative estimate of drug-likeness (QED) is 0.589. The van der Waals surface area contributed by atoms with Crippen molar-refractivity contribution in [3.05, 3.63) is 60.4 Å². The van der Waals surface area contributed by atoms with Gasteiger partial charge in [0.2, 0.25) is 5.91 Å². The van der Waals surface area contributed by atoms with Crippen molar-refractivity contribution < 1.29 is 14.3 Å². The number of carbonyl (C=O) groups excluding carboxylic acids is 1. The van der Waals surface area contributed by atoms with Gasteiger partial charge >= 0.3 is 0 Å². The Hall–Kier alpha value is -2.71. The first-order valence-corrected chi connectivity index (χ1v) is 9.91. The Kier molecular flexibility index (Phi) is 6.78. The Bertz CT molecular complexity index is 933. The lowest BCUT2D eigenvalue weighted by atomic mass is 10.2. The number of aromatic nitrogens is 3. The maximum Gasteiger partial charge on any atom is 0.233 e. The van der Waals surface area contributed by atoms with E-state index in [4.69, 9.17) is 5.11 Å². The van der Waals surface area contributed by atoms with Crippen molar-refractivity contribution in [2.45, 2.75) is 12.1 Å². The fourth-order valence-corrected chi connectivity index (χ4v) is 3.64. The summed E-state index contributed by atoms with van der Waals surface area (Å²) in [6.07, 6.45) is 0. The molecule has 0 aliphatic heterocycles. The molecule has 0 fully saturated rings.